The molecule has 3 aromatic heterocycles. The molecule has 0 aliphatic carbocycles. The van der Waals surface area contributed by atoms with Crippen LogP contribution in [-0.4, -0.2) is 44.5 Å². The van der Waals surface area contributed by atoms with E-state index in [0.717, 1.165) is 18.7 Å². The summed E-state index contributed by atoms with van der Waals surface area (Å²) in [5, 5.41) is 17.8. The first-order chi connectivity index (χ1) is 14.3. The monoisotopic (exact) mass is 390 g/mol. The van der Waals surface area contributed by atoms with Crippen LogP contribution in [0.4, 0.5) is 0 Å². The maximum Gasteiger partial charge on any atom is 0.216 e. The van der Waals surface area contributed by atoms with Crippen LogP contribution in [0.15, 0.2) is 70.5 Å². The molecule has 29 heavy (non-hydrogen) atoms. The van der Waals surface area contributed by atoms with E-state index in [-0.39, 0.29) is 0 Å². The van der Waals surface area contributed by atoms with Gasteiger partial charge in [-0.25, -0.2) is 9.67 Å². The Morgan fingerprint density at radius 2 is 2.07 bits per heavy atom. The minimum atomic E-state index is 0.478. The van der Waals surface area contributed by atoms with Gasteiger partial charge < -0.3 is 15.1 Å². The van der Waals surface area contributed by atoms with E-state index < -0.39 is 0 Å². The van der Waals surface area contributed by atoms with Crippen molar-refractivity contribution in [2.45, 2.75) is 13.0 Å². The lowest BCUT2D eigenvalue weighted by Gasteiger charge is -2.11. The zero-order chi connectivity index (χ0) is 19.9. The predicted molar refractivity (Wildman–Crippen MR) is 110 cm³/mol. The second-order valence-electron chi connectivity index (χ2n) is 6.30. The van der Waals surface area contributed by atoms with E-state index in [1.54, 1.807) is 25.6 Å². The maximum absolute atomic E-state index is 5.30. The Morgan fingerprint density at radius 3 is 2.79 bits per heavy atom. The number of aromatic nitrogens is 5. The molecule has 0 saturated carbocycles. The summed E-state index contributed by atoms with van der Waals surface area (Å²) in [5.41, 5.74) is 2.28. The number of rotatable bonds is 7. The molecule has 9 heteroatoms. The number of guanidine groups is 1. The lowest BCUT2D eigenvalue weighted by atomic mass is 10.1. The van der Waals surface area contributed by atoms with Crippen LogP contribution in [-0.2, 0) is 13.0 Å². The predicted octanol–water partition coefficient (Wildman–Crippen LogP) is 2.16. The van der Waals surface area contributed by atoms with Crippen LogP contribution < -0.4 is 10.6 Å². The number of furan rings is 1. The molecule has 9 nitrogen and oxygen atoms in total. The van der Waals surface area contributed by atoms with E-state index in [0.29, 0.717) is 29.9 Å². The van der Waals surface area contributed by atoms with Crippen molar-refractivity contribution in [1.29, 1.82) is 0 Å². The fraction of sp³-hybridized carbons (Fsp3) is 0.200. The summed E-state index contributed by atoms with van der Waals surface area (Å²) in [5.74, 6) is 2.57. The number of nitrogens with zero attached hydrogens (tertiary/aromatic N) is 5. The Morgan fingerprint density at radius 1 is 1.17 bits per heavy atom. The largest absolute Gasteiger partial charge is 0.461 e. The van der Waals surface area contributed by atoms with Gasteiger partial charge in [0.05, 0.1) is 18.5 Å². The molecule has 148 valence electrons. The summed E-state index contributed by atoms with van der Waals surface area (Å²) < 4.78 is 7.14. The number of hydrogen-bond donors (Lipinski definition) is 3. The third-order valence-corrected chi connectivity index (χ3v) is 4.33. The number of nitrogens with one attached hydrogen (secondary N) is 3. The highest BCUT2D eigenvalue weighted by molar-refractivity contribution is 5.79. The van der Waals surface area contributed by atoms with Gasteiger partial charge in [0.2, 0.25) is 5.82 Å². The number of aliphatic imine (C=N–C) groups is 1. The molecule has 0 saturated heterocycles. The first-order valence-corrected chi connectivity index (χ1v) is 9.30. The van der Waals surface area contributed by atoms with Crippen molar-refractivity contribution < 1.29 is 4.42 Å². The molecule has 0 unspecified atom stereocenters. The second-order valence-corrected chi connectivity index (χ2v) is 6.30. The van der Waals surface area contributed by atoms with Crippen LogP contribution in [0.25, 0.3) is 17.3 Å². The molecule has 4 rings (SSSR count). The first-order valence-electron chi connectivity index (χ1n) is 9.30. The smallest absolute Gasteiger partial charge is 0.216 e. The fourth-order valence-corrected chi connectivity index (χ4v) is 2.84. The first kappa shape index (κ1) is 18.5. The van der Waals surface area contributed by atoms with Crippen molar-refractivity contribution in [3.05, 3.63) is 72.5 Å². The highest BCUT2D eigenvalue weighted by Crippen LogP contribution is 2.14. The van der Waals surface area contributed by atoms with Crippen molar-refractivity contribution in [2.75, 3.05) is 13.6 Å². The summed E-state index contributed by atoms with van der Waals surface area (Å²) in [6.07, 6.45) is 6.18. The lowest BCUT2D eigenvalue weighted by molar-refractivity contribution is 0.577. The number of benzene rings is 1. The van der Waals surface area contributed by atoms with Gasteiger partial charge >= 0.3 is 0 Å². The molecule has 0 radical (unpaired) electrons. The highest BCUT2D eigenvalue weighted by atomic mass is 16.3. The Kier molecular flexibility index (Phi) is 5.65. The second kappa shape index (κ2) is 8.87. The minimum absolute atomic E-state index is 0.478. The van der Waals surface area contributed by atoms with Gasteiger partial charge in [-0.05, 0) is 42.3 Å². The van der Waals surface area contributed by atoms with E-state index in [1.165, 1.54) is 5.56 Å². The van der Waals surface area contributed by atoms with E-state index in [4.69, 9.17) is 4.42 Å². The standard InChI is InChI=1S/C20H22N8O/c1-21-20(23-14-18-25-19(27-26-18)17-4-2-13-29-17)22-11-9-15-5-7-16(8-6-15)28-12-3-10-24-28/h2-8,10,12-13H,9,11,14H2,1H3,(H2,21,22,23)(H,25,26,27). The van der Waals surface area contributed by atoms with Crippen LogP contribution in [0.5, 0.6) is 0 Å². The van der Waals surface area contributed by atoms with Gasteiger partial charge in [-0.1, -0.05) is 12.1 Å². The van der Waals surface area contributed by atoms with Gasteiger partial charge in [0.25, 0.3) is 0 Å². The average Bonchev–Trinajstić information content (AvgIpc) is 3.53. The van der Waals surface area contributed by atoms with Crippen molar-refractivity contribution in [2.24, 2.45) is 4.99 Å². The summed E-state index contributed by atoms with van der Waals surface area (Å²) in [6, 6.07) is 13.9. The van der Waals surface area contributed by atoms with E-state index >= 15 is 0 Å². The van der Waals surface area contributed by atoms with Gasteiger partial charge in [0.15, 0.2) is 11.7 Å². The molecule has 0 atom stereocenters. The SMILES string of the molecule is CN=C(NCCc1ccc(-n2cccn2)cc1)NCc1nc(-c2ccco2)n[nH]1. The Balaban J connectivity index is 1.23. The molecule has 3 N–H and O–H groups in total. The zero-order valence-corrected chi connectivity index (χ0v) is 16.0. The van der Waals surface area contributed by atoms with Crippen LogP contribution in [0.1, 0.15) is 11.4 Å². The third kappa shape index (κ3) is 4.70. The fourth-order valence-electron chi connectivity index (χ4n) is 2.84. The van der Waals surface area contributed by atoms with Crippen LogP contribution in [0.2, 0.25) is 0 Å². The molecule has 0 spiro atoms. The topological polar surface area (TPSA) is 109 Å². The molecule has 1 aromatic carbocycles. The Labute approximate surface area is 167 Å². The van der Waals surface area contributed by atoms with Crippen molar-refractivity contribution in [3.63, 3.8) is 0 Å². The molecule has 0 amide bonds. The van der Waals surface area contributed by atoms with Crippen LogP contribution in [0, 0.1) is 0 Å². The normalized spacial score (nSPS) is 11.6. The van der Waals surface area contributed by atoms with Crippen molar-refractivity contribution in [3.8, 4) is 17.3 Å². The summed E-state index contributed by atoms with van der Waals surface area (Å²) in [7, 11) is 1.74. The summed E-state index contributed by atoms with van der Waals surface area (Å²) in [6.45, 7) is 1.24. The number of aromatic amines is 1. The highest BCUT2D eigenvalue weighted by Gasteiger charge is 2.08. The molecular weight excluding hydrogens is 368 g/mol. The average molecular weight is 390 g/mol. The van der Waals surface area contributed by atoms with E-state index in [1.807, 2.05) is 23.0 Å². The van der Waals surface area contributed by atoms with Gasteiger partial charge in [0.1, 0.15) is 5.82 Å². The van der Waals surface area contributed by atoms with Gasteiger partial charge in [-0.2, -0.15) is 5.10 Å². The molecule has 0 aliphatic rings. The molecular formula is C20H22N8O. The zero-order valence-electron chi connectivity index (χ0n) is 16.0. The van der Waals surface area contributed by atoms with Crippen molar-refractivity contribution >= 4 is 5.96 Å². The van der Waals surface area contributed by atoms with E-state index in [2.05, 4.69) is 60.2 Å². The summed E-state index contributed by atoms with van der Waals surface area (Å²) >= 11 is 0. The van der Waals surface area contributed by atoms with Crippen LogP contribution >= 0.6 is 0 Å². The van der Waals surface area contributed by atoms with Gasteiger partial charge in [-0.3, -0.25) is 10.1 Å². The quantitative estimate of drug-likeness (QED) is 0.330. The number of H-pyrrole nitrogens is 1. The van der Waals surface area contributed by atoms with Crippen LogP contribution in [0.3, 0.4) is 0 Å². The third-order valence-electron chi connectivity index (χ3n) is 4.33. The van der Waals surface area contributed by atoms with E-state index in [9.17, 15) is 0 Å². The minimum Gasteiger partial charge on any atom is -0.461 e. The molecule has 0 fully saturated rings. The Bertz CT molecular complexity index is 1030. The van der Waals surface area contributed by atoms with Gasteiger partial charge in [0, 0.05) is 26.0 Å². The molecule has 3 heterocycles. The molecule has 0 bridgehead atoms. The Hall–Kier alpha value is -3.88. The number of hydrogen-bond acceptors (Lipinski definition) is 5. The van der Waals surface area contributed by atoms with Gasteiger partial charge in [-0.15, -0.1) is 5.10 Å². The summed E-state index contributed by atoms with van der Waals surface area (Å²) in [4.78, 5) is 8.64. The maximum atomic E-state index is 5.30. The van der Waals surface area contributed by atoms with Crippen molar-refractivity contribution in [1.82, 2.24) is 35.6 Å². The lowest BCUT2D eigenvalue weighted by Crippen LogP contribution is -2.38. The molecule has 4 aromatic rings. The molecule has 0 aliphatic heterocycles.